The molecule has 0 atom stereocenters. The van der Waals surface area contributed by atoms with Gasteiger partial charge in [0.05, 0.1) is 5.69 Å². The van der Waals surface area contributed by atoms with Gasteiger partial charge in [-0.2, -0.15) is 0 Å². The van der Waals surface area contributed by atoms with Crippen LogP contribution in [0.5, 0.6) is 0 Å². The Morgan fingerprint density at radius 3 is 1.47 bits per heavy atom. The number of benzene rings is 2. The normalized spacial score (nSPS) is 13.6. The largest absolute Gasteiger partial charge is 0.343 e. The quantitative estimate of drug-likeness (QED) is 0.141. The van der Waals surface area contributed by atoms with Gasteiger partial charge in [0.2, 0.25) is 0 Å². The van der Waals surface area contributed by atoms with Crippen LogP contribution in [0.1, 0.15) is 175 Å². The van der Waals surface area contributed by atoms with E-state index in [1.54, 1.807) is 0 Å². The molecule has 2 aromatic carbocycles. The predicted octanol–water partition coefficient (Wildman–Crippen LogP) is 12.8. The van der Waals surface area contributed by atoms with Crippen molar-refractivity contribution in [2.45, 2.75) is 153 Å². The fourth-order valence-electron chi connectivity index (χ4n) is 5.60. The van der Waals surface area contributed by atoms with Crippen molar-refractivity contribution in [3.8, 4) is 0 Å². The lowest BCUT2D eigenvalue weighted by atomic mass is 9.85. The number of unbranched alkanes of at least 4 members (excludes halogenated alkanes) is 3. The van der Waals surface area contributed by atoms with Crippen molar-refractivity contribution in [1.82, 2.24) is 0 Å². The van der Waals surface area contributed by atoms with Gasteiger partial charge in [-0.3, -0.25) is 9.98 Å². The number of nitrogens with zero attached hydrogens (tertiary/aromatic N) is 2. The molecule has 0 aliphatic carbocycles. The van der Waals surface area contributed by atoms with E-state index in [-0.39, 0.29) is 10.8 Å². The van der Waals surface area contributed by atoms with E-state index < -0.39 is 0 Å². The zero-order valence-corrected chi connectivity index (χ0v) is 30.4. The van der Waals surface area contributed by atoms with Gasteiger partial charge in [0.1, 0.15) is 5.84 Å². The van der Waals surface area contributed by atoms with Crippen molar-refractivity contribution in [1.29, 1.82) is 0 Å². The van der Waals surface area contributed by atoms with Gasteiger partial charge in [-0.15, -0.1) is 0 Å². The average molecular weight is 588 g/mol. The fraction of sp³-hybridized carbons (Fsp3) is 0.650. The van der Waals surface area contributed by atoms with E-state index >= 15 is 0 Å². The third-order valence-corrected chi connectivity index (χ3v) is 8.37. The van der Waals surface area contributed by atoms with Gasteiger partial charge in [0, 0.05) is 28.8 Å². The van der Waals surface area contributed by atoms with Crippen LogP contribution in [0.2, 0.25) is 0 Å². The third-order valence-electron chi connectivity index (χ3n) is 8.37. The molecule has 0 aliphatic rings. The minimum atomic E-state index is -0.0441. The summed E-state index contributed by atoms with van der Waals surface area (Å²) in [6, 6.07) is 13.5. The summed E-state index contributed by atoms with van der Waals surface area (Å²) in [6.07, 6.45) is 5.73. The molecule has 0 amide bonds. The van der Waals surface area contributed by atoms with Gasteiger partial charge in [-0.1, -0.05) is 146 Å². The number of hydrogen-bond acceptors (Lipinski definition) is 2. The van der Waals surface area contributed by atoms with Crippen molar-refractivity contribution >= 4 is 22.9 Å². The van der Waals surface area contributed by atoms with E-state index in [2.05, 4.69) is 139 Å². The molecule has 0 aliphatic heterocycles. The number of rotatable bonds is 13. The smallest absolute Gasteiger partial charge is 0.106 e. The molecule has 0 spiro atoms. The van der Waals surface area contributed by atoms with Crippen molar-refractivity contribution in [3.05, 3.63) is 58.7 Å². The molecule has 0 bridgehead atoms. The van der Waals surface area contributed by atoms with E-state index in [0.717, 1.165) is 25.2 Å². The summed E-state index contributed by atoms with van der Waals surface area (Å²) in [5.41, 5.74) is 9.28. The van der Waals surface area contributed by atoms with Crippen molar-refractivity contribution in [2.24, 2.45) is 20.8 Å². The summed E-state index contributed by atoms with van der Waals surface area (Å²) in [5.74, 6) is 2.93. The first kappa shape index (κ1) is 36.8. The van der Waals surface area contributed by atoms with E-state index in [4.69, 9.17) is 9.98 Å². The highest BCUT2D eigenvalue weighted by Gasteiger charge is 2.23. The van der Waals surface area contributed by atoms with Crippen LogP contribution in [-0.2, 0) is 0 Å². The Morgan fingerprint density at radius 2 is 1.05 bits per heavy atom. The van der Waals surface area contributed by atoms with Crippen LogP contribution in [-0.4, -0.2) is 18.1 Å². The van der Waals surface area contributed by atoms with Crippen molar-refractivity contribution in [2.75, 3.05) is 11.9 Å². The van der Waals surface area contributed by atoms with Crippen LogP contribution >= 0.6 is 0 Å². The van der Waals surface area contributed by atoms with Gasteiger partial charge in [0.25, 0.3) is 0 Å². The van der Waals surface area contributed by atoms with E-state index in [1.807, 2.05) is 0 Å². The lowest BCUT2D eigenvalue weighted by molar-refractivity contribution is 0.562. The van der Waals surface area contributed by atoms with Crippen LogP contribution in [0.25, 0.3) is 0 Å². The second kappa shape index (κ2) is 16.1. The Morgan fingerprint density at radius 1 is 0.605 bits per heavy atom. The number of hydrogen-bond donors (Lipinski definition) is 1. The molecule has 3 nitrogen and oxygen atoms in total. The molecule has 1 N–H and O–H groups in total. The van der Waals surface area contributed by atoms with Gasteiger partial charge in [-0.05, 0) is 65.2 Å². The van der Waals surface area contributed by atoms with Gasteiger partial charge < -0.3 is 5.32 Å². The Hall–Kier alpha value is -2.42. The lowest BCUT2D eigenvalue weighted by Gasteiger charge is -2.27. The van der Waals surface area contributed by atoms with Gasteiger partial charge >= 0.3 is 0 Å². The van der Waals surface area contributed by atoms with Crippen LogP contribution < -0.4 is 5.32 Å². The summed E-state index contributed by atoms with van der Waals surface area (Å²) in [6.45, 7) is 32.8. The third kappa shape index (κ3) is 10.9. The molecule has 0 saturated carbocycles. The van der Waals surface area contributed by atoms with Gasteiger partial charge in [-0.25, -0.2) is 0 Å². The van der Waals surface area contributed by atoms with Crippen LogP contribution in [0.15, 0.2) is 46.4 Å². The molecule has 0 saturated heterocycles. The Balaban J connectivity index is 2.12. The van der Waals surface area contributed by atoms with Crippen molar-refractivity contribution < 1.29 is 0 Å². The zero-order valence-electron chi connectivity index (χ0n) is 30.4. The van der Waals surface area contributed by atoms with Crippen LogP contribution in [0.4, 0.5) is 11.4 Å². The number of nitrogens with one attached hydrogen (secondary N) is 1. The summed E-state index contributed by atoms with van der Waals surface area (Å²) < 4.78 is 0. The molecule has 0 fully saturated rings. The highest BCUT2D eigenvalue weighted by molar-refractivity contribution is 6.00. The predicted molar refractivity (Wildman–Crippen MR) is 194 cm³/mol. The monoisotopic (exact) mass is 588 g/mol. The Kier molecular flexibility index (Phi) is 13.7. The number of para-hydroxylation sites is 2. The van der Waals surface area contributed by atoms with Crippen LogP contribution in [0, 0.1) is 10.8 Å². The van der Waals surface area contributed by atoms with E-state index in [0.29, 0.717) is 23.7 Å². The standard InChI is InChI=1S/C40H65N3/c1-27(2)31-21-19-22-32(28(3)4)36(31)42-35(39(9,10)11)25-17-15-16-18-26-41-38(40(12,13)14)43-37-33(29(5)6)23-20-24-34(37)30(7)8/h19-24,27-30H,15-18,25-26H2,1-14H3,(H,41,43). The lowest BCUT2D eigenvalue weighted by Crippen LogP contribution is -2.30. The summed E-state index contributed by atoms with van der Waals surface area (Å²) in [5, 5.41) is 3.83. The average Bonchev–Trinajstić information content (AvgIpc) is 2.89. The molecule has 0 heterocycles. The zero-order chi connectivity index (χ0) is 32.5. The Labute approximate surface area is 266 Å². The first-order chi connectivity index (χ1) is 19.9. The number of aliphatic imine (C=N–C) groups is 2. The van der Waals surface area contributed by atoms with Gasteiger partial charge in [0.15, 0.2) is 0 Å². The Bertz CT molecular complexity index is 1160. The summed E-state index contributed by atoms with van der Waals surface area (Å²) >= 11 is 0. The molecule has 2 aromatic rings. The number of amidine groups is 1. The molecule has 0 unspecified atom stereocenters. The van der Waals surface area contributed by atoms with E-state index in [9.17, 15) is 0 Å². The highest BCUT2D eigenvalue weighted by Crippen LogP contribution is 2.37. The molecule has 0 radical (unpaired) electrons. The minimum Gasteiger partial charge on any atom is -0.343 e. The van der Waals surface area contributed by atoms with Crippen LogP contribution in [0.3, 0.4) is 0 Å². The first-order valence-corrected chi connectivity index (χ1v) is 17.1. The maximum atomic E-state index is 5.42. The molecule has 3 heteroatoms. The maximum absolute atomic E-state index is 5.42. The number of anilines is 1. The first-order valence-electron chi connectivity index (χ1n) is 17.1. The molecular formula is C40H65N3. The second-order valence-corrected chi connectivity index (χ2v) is 15.8. The molecule has 240 valence electrons. The summed E-state index contributed by atoms with van der Waals surface area (Å²) in [7, 11) is 0. The summed E-state index contributed by atoms with van der Waals surface area (Å²) in [4.78, 5) is 10.6. The molecule has 43 heavy (non-hydrogen) atoms. The fourth-order valence-corrected chi connectivity index (χ4v) is 5.60. The molecular weight excluding hydrogens is 522 g/mol. The minimum absolute atomic E-state index is 0.0441. The highest BCUT2D eigenvalue weighted by atomic mass is 15.0. The maximum Gasteiger partial charge on any atom is 0.106 e. The topological polar surface area (TPSA) is 36.8 Å². The molecule has 0 aromatic heterocycles. The second-order valence-electron chi connectivity index (χ2n) is 15.8. The van der Waals surface area contributed by atoms with E-state index in [1.165, 1.54) is 58.6 Å². The van der Waals surface area contributed by atoms with Crippen molar-refractivity contribution in [3.63, 3.8) is 0 Å². The SMILES string of the molecule is CC(C)c1cccc(C(C)C)c1N=C(CCCCCCN=C(Nc1c(C(C)C)cccc1C(C)C)C(C)(C)C)C(C)(C)C. The molecule has 2 rings (SSSR count).